The van der Waals surface area contributed by atoms with Crippen LogP contribution in [0.15, 0.2) is 36.7 Å². The number of carbonyl (C=O) groups excluding carboxylic acids is 1. The van der Waals surface area contributed by atoms with Crippen molar-refractivity contribution in [3.63, 3.8) is 0 Å². The molecule has 2 bridgehead atoms. The number of carbonyl (C=O) groups is 1. The van der Waals surface area contributed by atoms with E-state index < -0.39 is 0 Å². The van der Waals surface area contributed by atoms with Gasteiger partial charge < -0.3 is 24.0 Å². The third-order valence-electron chi connectivity index (χ3n) is 6.15. The van der Waals surface area contributed by atoms with Crippen molar-refractivity contribution in [3.8, 4) is 11.5 Å². The molecule has 31 heavy (non-hydrogen) atoms. The van der Waals surface area contributed by atoms with Gasteiger partial charge in [0.1, 0.15) is 6.10 Å². The smallest absolute Gasteiger partial charge is 0.257 e. The number of rotatable bonds is 6. The molecule has 5 rings (SSSR count). The monoisotopic (exact) mass is 424 g/mol. The first-order valence-corrected chi connectivity index (χ1v) is 11.1. The SMILES string of the molecule is CCOc1ccccc1O[C@@H]1CCCN(c2ncc(C(=O)N3C[C@H]4C[C@@H]3CO4)cn2)C1. The van der Waals surface area contributed by atoms with Gasteiger partial charge in [0.2, 0.25) is 5.95 Å². The highest BCUT2D eigenvalue weighted by molar-refractivity contribution is 5.94. The minimum atomic E-state index is -0.00487. The largest absolute Gasteiger partial charge is 0.490 e. The molecule has 3 fully saturated rings. The summed E-state index contributed by atoms with van der Waals surface area (Å²) in [5.41, 5.74) is 0.534. The van der Waals surface area contributed by atoms with Crippen LogP contribution in [0.25, 0.3) is 0 Å². The Labute approximate surface area is 182 Å². The average Bonchev–Trinajstić information content (AvgIpc) is 3.44. The van der Waals surface area contributed by atoms with Crippen LogP contribution in [0, 0.1) is 0 Å². The minimum Gasteiger partial charge on any atom is -0.490 e. The number of morpholine rings is 1. The summed E-state index contributed by atoms with van der Waals surface area (Å²) < 4.78 is 17.5. The molecule has 3 atom stereocenters. The number of hydrogen-bond acceptors (Lipinski definition) is 7. The maximum absolute atomic E-state index is 12.8. The van der Waals surface area contributed by atoms with Gasteiger partial charge in [0, 0.05) is 25.5 Å². The summed E-state index contributed by atoms with van der Waals surface area (Å²) in [6.07, 6.45) is 6.40. The summed E-state index contributed by atoms with van der Waals surface area (Å²) in [7, 11) is 0. The Morgan fingerprint density at radius 3 is 2.71 bits per heavy atom. The second-order valence-corrected chi connectivity index (χ2v) is 8.28. The van der Waals surface area contributed by atoms with Gasteiger partial charge in [-0.3, -0.25) is 4.79 Å². The molecule has 3 aliphatic rings. The van der Waals surface area contributed by atoms with Gasteiger partial charge in [0.05, 0.1) is 37.5 Å². The highest BCUT2D eigenvalue weighted by atomic mass is 16.5. The second kappa shape index (κ2) is 8.70. The van der Waals surface area contributed by atoms with Crippen LogP contribution in [0.5, 0.6) is 11.5 Å². The first kappa shape index (κ1) is 20.1. The first-order valence-electron chi connectivity index (χ1n) is 11.1. The standard InChI is InChI=1S/C23H28N4O4/c1-2-29-20-7-3-4-8-21(20)31-18-6-5-9-26(13-18)23-24-11-16(12-25-23)22(28)27-14-19-10-17(27)15-30-19/h3-4,7-8,11-12,17-19H,2,5-6,9-10,13-15H2,1H3/t17-,18-,19-/m1/s1. The molecule has 0 N–H and O–H groups in total. The second-order valence-electron chi connectivity index (χ2n) is 8.28. The molecule has 0 saturated carbocycles. The average molecular weight is 425 g/mol. The van der Waals surface area contributed by atoms with Crippen molar-refractivity contribution in [1.29, 1.82) is 0 Å². The van der Waals surface area contributed by atoms with Crippen LogP contribution in [0.1, 0.15) is 36.5 Å². The Morgan fingerprint density at radius 2 is 2.00 bits per heavy atom. The van der Waals surface area contributed by atoms with Gasteiger partial charge in [-0.05, 0) is 38.3 Å². The number of ether oxygens (including phenoxy) is 3. The van der Waals surface area contributed by atoms with Crippen molar-refractivity contribution in [2.45, 2.75) is 44.4 Å². The van der Waals surface area contributed by atoms with Gasteiger partial charge >= 0.3 is 0 Å². The number of piperidine rings is 1. The van der Waals surface area contributed by atoms with Crippen molar-refractivity contribution in [2.75, 3.05) is 37.7 Å². The number of likely N-dealkylation sites (tertiary alicyclic amines) is 1. The third kappa shape index (κ3) is 4.17. The summed E-state index contributed by atoms with van der Waals surface area (Å²) in [5, 5.41) is 0. The maximum Gasteiger partial charge on any atom is 0.257 e. The zero-order chi connectivity index (χ0) is 21.2. The fraction of sp³-hybridized carbons (Fsp3) is 0.522. The Balaban J connectivity index is 1.23. The Bertz CT molecular complexity index is 922. The molecular weight excluding hydrogens is 396 g/mol. The van der Waals surface area contributed by atoms with Crippen molar-refractivity contribution >= 4 is 11.9 Å². The first-order chi connectivity index (χ1) is 15.2. The van der Waals surface area contributed by atoms with Gasteiger partial charge in [0.15, 0.2) is 11.5 Å². The quantitative estimate of drug-likeness (QED) is 0.705. The van der Waals surface area contributed by atoms with Gasteiger partial charge in [-0.1, -0.05) is 12.1 Å². The number of hydrogen-bond donors (Lipinski definition) is 0. The summed E-state index contributed by atoms with van der Waals surface area (Å²) in [6.45, 7) is 5.43. The van der Waals surface area contributed by atoms with Crippen LogP contribution >= 0.6 is 0 Å². The van der Waals surface area contributed by atoms with Crippen LogP contribution in [-0.2, 0) is 4.74 Å². The van der Waals surface area contributed by atoms with Crippen LogP contribution in [0.4, 0.5) is 5.95 Å². The number of aromatic nitrogens is 2. The van der Waals surface area contributed by atoms with E-state index in [-0.39, 0.29) is 24.2 Å². The molecule has 0 radical (unpaired) electrons. The molecule has 8 heteroatoms. The summed E-state index contributed by atoms with van der Waals surface area (Å²) >= 11 is 0. The molecule has 0 unspecified atom stereocenters. The van der Waals surface area contributed by atoms with E-state index >= 15 is 0 Å². The lowest BCUT2D eigenvalue weighted by Crippen LogP contribution is -2.42. The molecule has 8 nitrogen and oxygen atoms in total. The van der Waals surface area contributed by atoms with E-state index in [1.54, 1.807) is 12.4 Å². The number of fused-ring (bicyclic) bond motifs is 2. The van der Waals surface area contributed by atoms with Gasteiger partial charge in [-0.15, -0.1) is 0 Å². The molecule has 0 spiro atoms. The van der Waals surface area contributed by atoms with Gasteiger partial charge in [-0.25, -0.2) is 9.97 Å². The van der Waals surface area contributed by atoms with Crippen molar-refractivity contribution in [3.05, 3.63) is 42.2 Å². The molecule has 3 saturated heterocycles. The predicted octanol–water partition coefficient (Wildman–Crippen LogP) is 2.54. The molecule has 1 aromatic carbocycles. The van der Waals surface area contributed by atoms with E-state index in [4.69, 9.17) is 14.2 Å². The summed E-state index contributed by atoms with van der Waals surface area (Å²) in [6, 6.07) is 7.96. The number of para-hydroxylation sites is 2. The number of nitrogens with zero attached hydrogens (tertiary/aromatic N) is 4. The van der Waals surface area contributed by atoms with Crippen molar-refractivity contribution in [1.82, 2.24) is 14.9 Å². The fourth-order valence-corrected chi connectivity index (χ4v) is 4.63. The van der Waals surface area contributed by atoms with Crippen molar-refractivity contribution in [2.24, 2.45) is 0 Å². The lowest BCUT2D eigenvalue weighted by molar-refractivity contribution is 0.0258. The van der Waals surface area contributed by atoms with Crippen LogP contribution in [-0.4, -0.2) is 71.9 Å². The molecule has 0 aliphatic carbocycles. The van der Waals surface area contributed by atoms with Crippen LogP contribution < -0.4 is 14.4 Å². The number of benzene rings is 1. The Morgan fingerprint density at radius 1 is 1.19 bits per heavy atom. The highest BCUT2D eigenvalue weighted by Crippen LogP contribution is 2.30. The molecule has 3 aliphatic heterocycles. The maximum atomic E-state index is 12.8. The molecule has 164 valence electrons. The normalized spacial score (nSPS) is 25.0. The lowest BCUT2D eigenvalue weighted by atomic mass is 10.1. The van der Waals surface area contributed by atoms with Crippen LogP contribution in [0.3, 0.4) is 0 Å². The molecule has 1 amide bonds. The fourth-order valence-electron chi connectivity index (χ4n) is 4.63. The van der Waals surface area contributed by atoms with E-state index in [9.17, 15) is 4.79 Å². The van der Waals surface area contributed by atoms with Gasteiger partial charge in [-0.2, -0.15) is 0 Å². The summed E-state index contributed by atoms with van der Waals surface area (Å²) in [5.74, 6) is 2.16. The molecule has 1 aromatic heterocycles. The molecule has 2 aromatic rings. The molecular formula is C23H28N4O4. The van der Waals surface area contributed by atoms with E-state index in [0.29, 0.717) is 37.8 Å². The lowest BCUT2D eigenvalue weighted by Gasteiger charge is -2.33. The topological polar surface area (TPSA) is 77.0 Å². The highest BCUT2D eigenvalue weighted by Gasteiger charge is 2.41. The van der Waals surface area contributed by atoms with Crippen LogP contribution in [0.2, 0.25) is 0 Å². The van der Waals surface area contributed by atoms with E-state index in [1.165, 1.54) is 0 Å². The van der Waals surface area contributed by atoms with Crippen molar-refractivity contribution < 1.29 is 19.0 Å². The predicted molar refractivity (Wildman–Crippen MR) is 115 cm³/mol. The van der Waals surface area contributed by atoms with Gasteiger partial charge in [0.25, 0.3) is 5.91 Å². The summed E-state index contributed by atoms with van der Waals surface area (Å²) in [4.78, 5) is 25.8. The third-order valence-corrected chi connectivity index (χ3v) is 6.15. The Kier molecular flexibility index (Phi) is 5.63. The molecule has 4 heterocycles. The van der Waals surface area contributed by atoms with E-state index in [0.717, 1.165) is 37.3 Å². The Hall–Kier alpha value is -2.87. The van der Waals surface area contributed by atoms with E-state index in [1.807, 2.05) is 36.1 Å². The number of amides is 1. The minimum absolute atomic E-state index is 0.00487. The zero-order valence-electron chi connectivity index (χ0n) is 17.8. The zero-order valence-corrected chi connectivity index (χ0v) is 17.8. The number of anilines is 1. The van der Waals surface area contributed by atoms with E-state index in [2.05, 4.69) is 14.9 Å².